The number of hydrogen-bond donors (Lipinski definition) is 1. The maximum Gasteiger partial charge on any atom is 0.329 e. The van der Waals surface area contributed by atoms with E-state index >= 15 is 0 Å². The molecule has 0 bridgehead atoms. The lowest BCUT2D eigenvalue weighted by molar-refractivity contribution is -0.142. The average molecular weight is 209 g/mol. The van der Waals surface area contributed by atoms with Crippen LogP contribution in [0.4, 0.5) is 4.39 Å². The predicted molar refractivity (Wildman–Crippen MR) is 48.4 cm³/mol. The minimum Gasteiger partial charge on any atom is -0.480 e. The van der Waals surface area contributed by atoms with Crippen molar-refractivity contribution in [1.29, 1.82) is 5.26 Å². The summed E-state index contributed by atoms with van der Waals surface area (Å²) in [7, 11) is 0. The van der Waals surface area contributed by atoms with Crippen LogP contribution in [0, 0.1) is 17.1 Å². The molecule has 0 aromatic heterocycles. The van der Waals surface area contributed by atoms with Crippen molar-refractivity contribution in [2.24, 2.45) is 0 Å². The van der Waals surface area contributed by atoms with Crippen LogP contribution in [0.5, 0.6) is 0 Å². The van der Waals surface area contributed by atoms with Crippen molar-refractivity contribution in [2.75, 3.05) is 6.61 Å². The highest BCUT2D eigenvalue weighted by Crippen LogP contribution is 2.09. The molecular weight excluding hydrogens is 201 g/mol. The molecule has 0 aliphatic rings. The number of nitriles is 1. The van der Waals surface area contributed by atoms with Gasteiger partial charge in [-0.1, -0.05) is 0 Å². The lowest BCUT2D eigenvalue weighted by Crippen LogP contribution is -2.06. The highest BCUT2D eigenvalue weighted by atomic mass is 19.1. The summed E-state index contributed by atoms with van der Waals surface area (Å²) in [6, 6.07) is 5.54. The smallest absolute Gasteiger partial charge is 0.329 e. The molecule has 15 heavy (non-hydrogen) atoms. The number of ether oxygens (including phenoxy) is 1. The van der Waals surface area contributed by atoms with E-state index in [9.17, 15) is 9.18 Å². The Morgan fingerprint density at radius 2 is 2.27 bits per heavy atom. The molecule has 0 radical (unpaired) electrons. The van der Waals surface area contributed by atoms with Crippen LogP contribution < -0.4 is 0 Å². The van der Waals surface area contributed by atoms with Crippen LogP contribution in [0.25, 0.3) is 0 Å². The third-order valence-electron chi connectivity index (χ3n) is 1.58. The molecule has 0 fully saturated rings. The summed E-state index contributed by atoms with van der Waals surface area (Å²) in [5.41, 5.74) is 0.622. The second-order valence-electron chi connectivity index (χ2n) is 2.85. The van der Waals surface area contributed by atoms with E-state index in [1.807, 2.05) is 0 Å². The zero-order valence-electron chi connectivity index (χ0n) is 7.74. The second kappa shape index (κ2) is 5.08. The number of carboxylic acid groups (broad SMARTS) is 1. The van der Waals surface area contributed by atoms with Gasteiger partial charge in [0.1, 0.15) is 12.4 Å². The third kappa shape index (κ3) is 3.75. The molecule has 0 aliphatic heterocycles. The minimum atomic E-state index is -1.09. The summed E-state index contributed by atoms with van der Waals surface area (Å²) in [4.78, 5) is 10.1. The molecule has 0 heterocycles. The molecule has 4 nitrogen and oxygen atoms in total. The molecular formula is C10H8FNO3. The summed E-state index contributed by atoms with van der Waals surface area (Å²) in [6.45, 7) is -0.475. The van der Waals surface area contributed by atoms with Crippen molar-refractivity contribution < 1.29 is 19.0 Å². The molecule has 0 saturated heterocycles. The van der Waals surface area contributed by atoms with E-state index in [1.54, 1.807) is 6.07 Å². The Balaban J connectivity index is 2.65. The van der Waals surface area contributed by atoms with Gasteiger partial charge in [0.05, 0.1) is 18.2 Å². The maximum atomic E-state index is 12.9. The van der Waals surface area contributed by atoms with Crippen LogP contribution >= 0.6 is 0 Å². The van der Waals surface area contributed by atoms with Gasteiger partial charge in [0.25, 0.3) is 0 Å². The van der Waals surface area contributed by atoms with Crippen molar-refractivity contribution >= 4 is 5.97 Å². The highest BCUT2D eigenvalue weighted by Gasteiger charge is 2.02. The maximum absolute atomic E-state index is 12.9. The normalized spacial score (nSPS) is 9.60. The molecule has 1 aromatic carbocycles. The Hall–Kier alpha value is -1.93. The van der Waals surface area contributed by atoms with Gasteiger partial charge in [-0.05, 0) is 23.8 Å². The van der Waals surface area contributed by atoms with Gasteiger partial charge in [0, 0.05) is 0 Å². The van der Waals surface area contributed by atoms with Crippen LogP contribution in [0.3, 0.4) is 0 Å². The SMILES string of the molecule is N#Cc1cc(F)cc(COCC(=O)O)c1. The molecule has 0 saturated carbocycles. The number of hydrogen-bond acceptors (Lipinski definition) is 3. The fourth-order valence-corrected chi connectivity index (χ4v) is 1.05. The van der Waals surface area contributed by atoms with Gasteiger partial charge < -0.3 is 9.84 Å². The number of halogens is 1. The fraction of sp³-hybridized carbons (Fsp3) is 0.200. The fourth-order valence-electron chi connectivity index (χ4n) is 1.05. The highest BCUT2D eigenvalue weighted by molar-refractivity contribution is 5.67. The summed E-state index contributed by atoms with van der Waals surface area (Å²) in [6.07, 6.45) is 0. The quantitative estimate of drug-likeness (QED) is 0.811. The molecule has 1 aromatic rings. The Kier molecular flexibility index (Phi) is 3.77. The van der Waals surface area contributed by atoms with Gasteiger partial charge in [0.15, 0.2) is 0 Å². The lowest BCUT2D eigenvalue weighted by atomic mass is 10.1. The van der Waals surface area contributed by atoms with Crippen LogP contribution in [-0.4, -0.2) is 17.7 Å². The van der Waals surface area contributed by atoms with Gasteiger partial charge >= 0.3 is 5.97 Å². The molecule has 0 amide bonds. The zero-order chi connectivity index (χ0) is 11.3. The summed E-state index contributed by atoms with van der Waals surface area (Å²) in [5, 5.41) is 16.8. The first-order valence-corrected chi connectivity index (χ1v) is 4.11. The van der Waals surface area contributed by atoms with E-state index in [2.05, 4.69) is 0 Å². The Labute approximate surface area is 85.5 Å². The van der Waals surface area contributed by atoms with Gasteiger partial charge in [-0.25, -0.2) is 9.18 Å². The first-order chi connectivity index (χ1) is 7.11. The van der Waals surface area contributed by atoms with E-state index in [0.29, 0.717) is 5.56 Å². The number of aliphatic carboxylic acids is 1. The minimum absolute atomic E-state index is 0.0290. The first kappa shape index (κ1) is 11.1. The first-order valence-electron chi connectivity index (χ1n) is 4.11. The van der Waals surface area contributed by atoms with E-state index in [1.165, 1.54) is 12.1 Å². The second-order valence-corrected chi connectivity index (χ2v) is 2.85. The number of nitrogens with zero attached hydrogens (tertiary/aromatic N) is 1. The average Bonchev–Trinajstić information content (AvgIpc) is 2.16. The standard InChI is InChI=1S/C10H8FNO3/c11-9-2-7(4-12)1-8(3-9)5-15-6-10(13)14/h1-3H,5-6H2,(H,13,14). The molecule has 1 rings (SSSR count). The summed E-state index contributed by atoms with van der Waals surface area (Å²) < 4.78 is 17.6. The van der Waals surface area contributed by atoms with Gasteiger partial charge in [-0.15, -0.1) is 0 Å². The Morgan fingerprint density at radius 1 is 1.53 bits per heavy atom. The third-order valence-corrected chi connectivity index (χ3v) is 1.58. The molecule has 78 valence electrons. The van der Waals surface area contributed by atoms with Crippen molar-refractivity contribution in [3.05, 3.63) is 35.1 Å². The number of carbonyl (C=O) groups is 1. The Morgan fingerprint density at radius 3 is 2.87 bits per heavy atom. The van der Waals surface area contributed by atoms with E-state index in [0.717, 1.165) is 6.07 Å². The van der Waals surface area contributed by atoms with Crippen LogP contribution in [0.2, 0.25) is 0 Å². The monoisotopic (exact) mass is 209 g/mol. The number of carboxylic acids is 1. The largest absolute Gasteiger partial charge is 0.480 e. The van der Waals surface area contributed by atoms with Crippen LogP contribution in [0.15, 0.2) is 18.2 Å². The molecule has 1 N–H and O–H groups in total. The molecule has 0 unspecified atom stereocenters. The molecule has 0 atom stereocenters. The summed E-state index contributed by atoms with van der Waals surface area (Å²) in [5.74, 6) is -1.63. The van der Waals surface area contributed by atoms with E-state index in [-0.39, 0.29) is 12.2 Å². The molecule has 0 aliphatic carbocycles. The lowest BCUT2D eigenvalue weighted by Gasteiger charge is -2.02. The number of benzene rings is 1. The number of rotatable bonds is 4. The van der Waals surface area contributed by atoms with Gasteiger partial charge in [-0.2, -0.15) is 5.26 Å². The van der Waals surface area contributed by atoms with Crippen LogP contribution in [-0.2, 0) is 16.1 Å². The zero-order valence-corrected chi connectivity index (χ0v) is 7.74. The van der Waals surface area contributed by atoms with Gasteiger partial charge in [-0.3, -0.25) is 0 Å². The Bertz CT molecular complexity index is 412. The molecule has 5 heteroatoms. The van der Waals surface area contributed by atoms with Crippen molar-refractivity contribution in [2.45, 2.75) is 6.61 Å². The van der Waals surface area contributed by atoms with Crippen molar-refractivity contribution in [1.82, 2.24) is 0 Å². The summed E-state index contributed by atoms with van der Waals surface area (Å²) >= 11 is 0. The topological polar surface area (TPSA) is 70.3 Å². The predicted octanol–water partition coefficient (Wildman–Crippen LogP) is 1.30. The van der Waals surface area contributed by atoms with Crippen molar-refractivity contribution in [3.8, 4) is 6.07 Å². The van der Waals surface area contributed by atoms with E-state index in [4.69, 9.17) is 15.1 Å². The van der Waals surface area contributed by atoms with Gasteiger partial charge in [0.2, 0.25) is 0 Å². The molecule has 0 spiro atoms. The van der Waals surface area contributed by atoms with Crippen molar-refractivity contribution in [3.63, 3.8) is 0 Å². The van der Waals surface area contributed by atoms with Crippen LogP contribution in [0.1, 0.15) is 11.1 Å². The van der Waals surface area contributed by atoms with E-state index < -0.39 is 18.4 Å².